The average Bonchev–Trinajstić information content (AvgIpc) is 2.65. The molecule has 0 aliphatic heterocycles. The Hall–Kier alpha value is -2.80. The maximum atomic E-state index is 10.6. The number of nitrogens with two attached hydrogens (primary N) is 1. The molecule has 0 fully saturated rings. The summed E-state index contributed by atoms with van der Waals surface area (Å²) in [6.45, 7) is 4.96. The lowest BCUT2D eigenvalue weighted by atomic mass is 9.99. The van der Waals surface area contributed by atoms with E-state index < -0.39 is 0 Å². The largest absolute Gasteiger partial charge is 0.493 e. The van der Waals surface area contributed by atoms with Crippen molar-refractivity contribution in [3.05, 3.63) is 46.9 Å². The van der Waals surface area contributed by atoms with Crippen LogP contribution in [0.15, 0.2) is 41.6 Å². The molecule has 0 radical (unpaired) electrons. The van der Waals surface area contributed by atoms with Crippen LogP contribution in [0.25, 0.3) is 11.1 Å². The Morgan fingerprint density at radius 1 is 1.16 bits per heavy atom. The zero-order chi connectivity index (χ0) is 18.2. The quantitative estimate of drug-likeness (QED) is 0.403. The predicted octanol–water partition coefficient (Wildman–Crippen LogP) is 5.32. The van der Waals surface area contributed by atoms with Gasteiger partial charge >= 0.3 is 0 Å². The number of nitroso groups, excluding NO2 is 1. The van der Waals surface area contributed by atoms with Gasteiger partial charge in [-0.1, -0.05) is 38.8 Å². The van der Waals surface area contributed by atoms with Crippen molar-refractivity contribution < 1.29 is 4.74 Å². The van der Waals surface area contributed by atoms with Crippen LogP contribution in [0.1, 0.15) is 32.3 Å². The Bertz CT molecular complexity index is 757. The molecule has 0 amide bonds. The first-order valence-electron chi connectivity index (χ1n) is 8.55. The van der Waals surface area contributed by atoms with Crippen molar-refractivity contribution in [2.24, 2.45) is 11.1 Å². The number of ether oxygens (including phenoxy) is 1. The molecule has 2 N–H and O–H groups in total. The first-order valence-corrected chi connectivity index (χ1v) is 8.55. The highest BCUT2D eigenvalue weighted by atomic mass is 16.5. The maximum Gasteiger partial charge on any atom is 0.126 e. The Morgan fingerprint density at radius 2 is 1.84 bits per heavy atom. The van der Waals surface area contributed by atoms with Gasteiger partial charge in [-0.25, -0.2) is 0 Å². The van der Waals surface area contributed by atoms with Crippen molar-refractivity contribution in [2.45, 2.75) is 33.1 Å². The molecule has 2 rings (SSSR count). The monoisotopic (exact) mass is 336 g/mol. The summed E-state index contributed by atoms with van der Waals surface area (Å²) in [6.07, 6.45) is 8.05. The lowest BCUT2D eigenvalue weighted by molar-refractivity contribution is 0.239. The highest BCUT2D eigenvalue weighted by Crippen LogP contribution is 2.33. The number of benzene rings is 2. The SMILES string of the molecule is C#CCc1c(N)cc(-c2ccc(N=O)cc2)cc1OCC(CC)CC. The molecular formula is C21H24N2O2. The van der Waals surface area contributed by atoms with Crippen molar-refractivity contribution in [1.82, 2.24) is 0 Å². The molecule has 2 aromatic rings. The molecule has 0 heterocycles. The van der Waals surface area contributed by atoms with E-state index in [1.807, 2.05) is 24.3 Å². The lowest BCUT2D eigenvalue weighted by Gasteiger charge is -2.18. The van der Waals surface area contributed by atoms with Crippen molar-refractivity contribution >= 4 is 11.4 Å². The van der Waals surface area contributed by atoms with E-state index in [2.05, 4.69) is 24.9 Å². The van der Waals surface area contributed by atoms with Crippen molar-refractivity contribution in [2.75, 3.05) is 12.3 Å². The maximum absolute atomic E-state index is 10.6. The van der Waals surface area contributed by atoms with E-state index in [9.17, 15) is 4.91 Å². The van der Waals surface area contributed by atoms with E-state index in [4.69, 9.17) is 16.9 Å². The minimum absolute atomic E-state index is 0.394. The Labute approximate surface area is 149 Å². The molecule has 0 spiro atoms. The van der Waals surface area contributed by atoms with E-state index in [1.165, 1.54) is 0 Å². The lowest BCUT2D eigenvalue weighted by Crippen LogP contribution is -2.12. The van der Waals surface area contributed by atoms with Gasteiger partial charge < -0.3 is 10.5 Å². The Kier molecular flexibility index (Phi) is 6.59. The second kappa shape index (κ2) is 8.89. The van der Waals surface area contributed by atoms with Gasteiger partial charge in [-0.15, -0.1) is 17.3 Å². The van der Waals surface area contributed by atoms with Crippen LogP contribution in [0.5, 0.6) is 5.75 Å². The van der Waals surface area contributed by atoms with E-state index in [0.717, 1.165) is 35.3 Å². The first-order chi connectivity index (χ1) is 12.1. The third kappa shape index (κ3) is 4.60. The summed E-state index contributed by atoms with van der Waals surface area (Å²) in [5, 5.41) is 2.92. The fraction of sp³-hybridized carbons (Fsp3) is 0.333. The van der Waals surface area contributed by atoms with Crippen LogP contribution >= 0.6 is 0 Å². The number of nitrogens with zero attached hydrogens (tertiary/aromatic N) is 1. The van der Waals surface area contributed by atoms with Crippen LogP contribution in [-0.4, -0.2) is 6.61 Å². The summed E-state index contributed by atoms with van der Waals surface area (Å²) >= 11 is 0. The van der Waals surface area contributed by atoms with Gasteiger partial charge in [-0.3, -0.25) is 0 Å². The topological polar surface area (TPSA) is 64.7 Å². The highest BCUT2D eigenvalue weighted by Gasteiger charge is 2.13. The zero-order valence-corrected chi connectivity index (χ0v) is 14.8. The third-order valence-corrected chi connectivity index (χ3v) is 4.46. The fourth-order valence-electron chi connectivity index (χ4n) is 2.70. The standard InChI is InChI=1S/C21H24N2O2/c1-4-7-19-20(22)12-17(16-8-10-18(23-24)11-9-16)13-21(19)25-14-15(5-2)6-3/h1,8-13,15H,5-7,14,22H2,2-3H3. The van der Waals surface area contributed by atoms with Crippen LogP contribution in [0.4, 0.5) is 11.4 Å². The molecule has 0 bridgehead atoms. The normalized spacial score (nSPS) is 10.5. The number of terminal acetylenes is 1. The minimum Gasteiger partial charge on any atom is -0.493 e. The molecule has 0 saturated carbocycles. The molecule has 4 heteroatoms. The van der Waals surface area contributed by atoms with E-state index >= 15 is 0 Å². The molecule has 130 valence electrons. The van der Waals surface area contributed by atoms with Gasteiger partial charge in [0.05, 0.1) is 6.61 Å². The number of rotatable bonds is 8. The third-order valence-electron chi connectivity index (χ3n) is 4.46. The zero-order valence-electron chi connectivity index (χ0n) is 14.8. The van der Waals surface area contributed by atoms with Gasteiger partial charge in [-0.05, 0) is 46.5 Å². The molecule has 0 aromatic heterocycles. The summed E-state index contributed by atoms with van der Waals surface area (Å²) in [4.78, 5) is 10.6. The van der Waals surface area contributed by atoms with Crippen molar-refractivity contribution in [1.29, 1.82) is 0 Å². The molecule has 2 aromatic carbocycles. The predicted molar refractivity (Wildman–Crippen MR) is 104 cm³/mol. The number of hydrogen-bond acceptors (Lipinski definition) is 4. The fourth-order valence-corrected chi connectivity index (χ4v) is 2.70. The molecule has 0 saturated heterocycles. The second-order valence-electron chi connectivity index (χ2n) is 6.05. The minimum atomic E-state index is 0.394. The van der Waals surface area contributed by atoms with Gasteiger partial charge in [0.15, 0.2) is 0 Å². The van der Waals surface area contributed by atoms with E-state index in [-0.39, 0.29) is 0 Å². The van der Waals surface area contributed by atoms with Crippen LogP contribution in [0.2, 0.25) is 0 Å². The second-order valence-corrected chi connectivity index (χ2v) is 6.05. The Morgan fingerprint density at radius 3 is 2.40 bits per heavy atom. The average molecular weight is 336 g/mol. The number of anilines is 1. The molecule has 25 heavy (non-hydrogen) atoms. The highest BCUT2D eigenvalue weighted by molar-refractivity contribution is 5.73. The van der Waals surface area contributed by atoms with Crippen molar-refractivity contribution in [3.8, 4) is 29.2 Å². The summed E-state index contributed by atoms with van der Waals surface area (Å²) < 4.78 is 6.08. The van der Waals surface area contributed by atoms with Crippen LogP contribution in [-0.2, 0) is 6.42 Å². The smallest absolute Gasteiger partial charge is 0.126 e. The van der Waals surface area contributed by atoms with E-state index in [1.54, 1.807) is 12.1 Å². The van der Waals surface area contributed by atoms with E-state index in [0.29, 0.717) is 30.3 Å². The van der Waals surface area contributed by atoms with Gasteiger partial charge in [0, 0.05) is 17.7 Å². The number of nitrogen functional groups attached to an aromatic ring is 1. The van der Waals surface area contributed by atoms with Gasteiger partial charge in [0.2, 0.25) is 0 Å². The van der Waals surface area contributed by atoms with Crippen LogP contribution in [0, 0.1) is 23.2 Å². The summed E-state index contributed by atoms with van der Waals surface area (Å²) in [5.74, 6) is 3.88. The molecule has 0 atom stereocenters. The van der Waals surface area contributed by atoms with Crippen LogP contribution < -0.4 is 10.5 Å². The Balaban J connectivity index is 2.38. The molecule has 0 aliphatic carbocycles. The first kappa shape index (κ1) is 18.5. The summed E-state index contributed by atoms with van der Waals surface area (Å²) in [7, 11) is 0. The molecule has 0 aliphatic rings. The summed E-state index contributed by atoms with van der Waals surface area (Å²) in [6, 6.07) is 10.9. The van der Waals surface area contributed by atoms with Gasteiger partial charge in [-0.2, -0.15) is 0 Å². The number of hydrogen-bond donors (Lipinski definition) is 1. The molecule has 4 nitrogen and oxygen atoms in total. The van der Waals surface area contributed by atoms with Crippen molar-refractivity contribution in [3.63, 3.8) is 0 Å². The molecular weight excluding hydrogens is 312 g/mol. The van der Waals surface area contributed by atoms with Gasteiger partial charge in [0.25, 0.3) is 0 Å². The van der Waals surface area contributed by atoms with Gasteiger partial charge in [0.1, 0.15) is 11.4 Å². The molecule has 0 unspecified atom stereocenters. The van der Waals surface area contributed by atoms with Crippen LogP contribution in [0.3, 0.4) is 0 Å². The summed E-state index contributed by atoms with van der Waals surface area (Å²) in [5.41, 5.74) is 9.96.